The van der Waals surface area contributed by atoms with Crippen LogP contribution in [0.15, 0.2) is 73.2 Å². The summed E-state index contributed by atoms with van der Waals surface area (Å²) in [6.45, 7) is 7.22. The lowest BCUT2D eigenvalue weighted by Crippen LogP contribution is -2.44. The zero-order valence-electron chi connectivity index (χ0n) is 21.5. The van der Waals surface area contributed by atoms with Crippen molar-refractivity contribution in [2.75, 3.05) is 43.9 Å². The van der Waals surface area contributed by atoms with Gasteiger partial charge in [0.25, 0.3) is 5.91 Å². The fourth-order valence-corrected chi connectivity index (χ4v) is 5.00. The van der Waals surface area contributed by atoms with Gasteiger partial charge in [0.2, 0.25) is 5.95 Å². The van der Waals surface area contributed by atoms with Gasteiger partial charge in [-0.15, -0.1) is 0 Å². The van der Waals surface area contributed by atoms with Crippen LogP contribution >= 0.6 is 22.6 Å². The molecular weight excluding hydrogens is 589 g/mol. The molecule has 1 amide bonds. The first-order valence-electron chi connectivity index (χ1n) is 12.6. The highest BCUT2D eigenvalue weighted by Gasteiger charge is 2.16. The molecule has 0 spiro atoms. The zero-order valence-corrected chi connectivity index (χ0v) is 23.6. The molecule has 0 bridgehead atoms. The molecule has 0 aliphatic carbocycles. The molecule has 3 heterocycles. The van der Waals surface area contributed by atoms with Crippen molar-refractivity contribution in [3.8, 4) is 11.3 Å². The van der Waals surface area contributed by atoms with Crippen LogP contribution in [0.4, 0.5) is 17.3 Å². The molecule has 2 aromatic heterocycles. The summed E-state index contributed by atoms with van der Waals surface area (Å²) in [4.78, 5) is 31.1. The number of halogens is 1. The molecule has 1 saturated heterocycles. The van der Waals surface area contributed by atoms with Crippen molar-refractivity contribution in [1.82, 2.24) is 24.8 Å². The number of aromatic nitrogens is 3. The Labute approximate surface area is 236 Å². The second kappa shape index (κ2) is 12.0. The fourth-order valence-electron chi connectivity index (χ4n) is 4.32. The number of nitrogens with one attached hydrogen (secondary N) is 2. The third kappa shape index (κ3) is 6.53. The predicted octanol–water partition coefficient (Wildman–Crippen LogP) is 5.19. The molecule has 4 aromatic rings. The first-order valence-corrected chi connectivity index (χ1v) is 13.6. The van der Waals surface area contributed by atoms with Crippen LogP contribution in [0.1, 0.15) is 21.5 Å². The van der Waals surface area contributed by atoms with Gasteiger partial charge >= 0.3 is 0 Å². The molecule has 2 aromatic carbocycles. The summed E-state index contributed by atoms with van der Waals surface area (Å²) >= 11 is 2.33. The average molecular weight is 620 g/mol. The van der Waals surface area contributed by atoms with E-state index >= 15 is 0 Å². The Kier molecular flexibility index (Phi) is 8.26. The number of amides is 1. The molecule has 1 aliphatic heterocycles. The Hall–Kier alpha value is -3.41. The third-order valence-corrected chi connectivity index (χ3v) is 7.66. The summed E-state index contributed by atoms with van der Waals surface area (Å²) < 4.78 is 1.10. The highest BCUT2D eigenvalue weighted by molar-refractivity contribution is 14.1. The molecule has 9 heteroatoms. The van der Waals surface area contributed by atoms with Gasteiger partial charge in [0.05, 0.1) is 5.69 Å². The lowest BCUT2D eigenvalue weighted by molar-refractivity contribution is 0.102. The smallest absolute Gasteiger partial charge is 0.255 e. The number of hydrogen-bond donors (Lipinski definition) is 2. The number of carbonyl (C=O) groups is 1. The van der Waals surface area contributed by atoms with Crippen LogP contribution in [0.3, 0.4) is 0 Å². The normalized spacial score (nSPS) is 14.3. The van der Waals surface area contributed by atoms with Gasteiger partial charge in [-0.2, -0.15) is 0 Å². The van der Waals surface area contributed by atoms with Gasteiger partial charge in [0.15, 0.2) is 0 Å². The molecule has 194 valence electrons. The maximum Gasteiger partial charge on any atom is 0.255 e. The number of nitrogens with zero attached hydrogens (tertiary/aromatic N) is 5. The summed E-state index contributed by atoms with van der Waals surface area (Å²) in [7, 11) is 2.16. The molecule has 0 unspecified atom stereocenters. The number of aryl methyl sites for hydroxylation is 1. The number of hydrogen-bond acceptors (Lipinski definition) is 7. The van der Waals surface area contributed by atoms with E-state index in [9.17, 15) is 4.79 Å². The Bertz CT molecular complexity index is 1420. The summed E-state index contributed by atoms with van der Waals surface area (Å²) in [6, 6.07) is 17.4. The van der Waals surface area contributed by atoms with Crippen molar-refractivity contribution in [1.29, 1.82) is 0 Å². The number of carbonyl (C=O) groups excluding carboxylic acids is 1. The van der Waals surface area contributed by atoms with Crippen molar-refractivity contribution in [3.05, 3.63) is 93.4 Å². The van der Waals surface area contributed by atoms with Crippen molar-refractivity contribution in [3.63, 3.8) is 0 Å². The van der Waals surface area contributed by atoms with E-state index in [1.165, 1.54) is 5.56 Å². The van der Waals surface area contributed by atoms with Crippen LogP contribution in [-0.4, -0.2) is 63.9 Å². The van der Waals surface area contributed by atoms with E-state index in [0.29, 0.717) is 17.2 Å². The molecule has 2 N–H and O–H groups in total. The van der Waals surface area contributed by atoms with Crippen LogP contribution in [0, 0.1) is 10.5 Å². The molecule has 1 aliphatic rings. The number of benzene rings is 2. The Balaban J connectivity index is 1.26. The van der Waals surface area contributed by atoms with Crippen LogP contribution in [-0.2, 0) is 6.54 Å². The Morgan fingerprint density at radius 3 is 2.63 bits per heavy atom. The van der Waals surface area contributed by atoms with E-state index in [-0.39, 0.29) is 5.91 Å². The lowest BCUT2D eigenvalue weighted by atomic mass is 10.1. The van der Waals surface area contributed by atoms with Crippen LogP contribution in [0.2, 0.25) is 0 Å². The average Bonchev–Trinajstić information content (AvgIpc) is 2.93. The SMILES string of the molecule is Cc1ccc(NC(=O)c2ccc(CN3CCN(C)CC3)c(I)c2)cc1Nc1nccc(-c2cccnc2)n1. The predicted molar refractivity (Wildman–Crippen MR) is 160 cm³/mol. The minimum absolute atomic E-state index is 0.140. The number of piperazine rings is 1. The fraction of sp³-hybridized carbons (Fsp3) is 0.241. The number of pyridine rings is 1. The van der Waals surface area contributed by atoms with Gasteiger partial charge in [-0.3, -0.25) is 14.7 Å². The van der Waals surface area contributed by atoms with Crippen molar-refractivity contribution in [2.45, 2.75) is 13.5 Å². The van der Waals surface area contributed by atoms with Gasteiger partial charge in [-0.25, -0.2) is 9.97 Å². The number of rotatable bonds is 7. The highest BCUT2D eigenvalue weighted by atomic mass is 127. The minimum atomic E-state index is -0.140. The van der Waals surface area contributed by atoms with E-state index in [1.54, 1.807) is 18.6 Å². The van der Waals surface area contributed by atoms with Crippen molar-refractivity contribution < 1.29 is 4.79 Å². The molecule has 0 atom stereocenters. The van der Waals surface area contributed by atoms with Crippen LogP contribution < -0.4 is 10.6 Å². The minimum Gasteiger partial charge on any atom is -0.324 e. The zero-order chi connectivity index (χ0) is 26.5. The third-order valence-electron chi connectivity index (χ3n) is 6.66. The van der Waals surface area contributed by atoms with Gasteiger partial charge in [-0.1, -0.05) is 12.1 Å². The number of anilines is 3. The summed E-state index contributed by atoms with van der Waals surface area (Å²) in [5.41, 5.74) is 6.12. The van der Waals surface area contributed by atoms with Gasteiger partial charge in [-0.05, 0) is 90.2 Å². The van der Waals surface area contributed by atoms with E-state index in [1.807, 2.05) is 55.5 Å². The van der Waals surface area contributed by atoms with Gasteiger partial charge in [0, 0.05) is 77.4 Å². The first-order chi connectivity index (χ1) is 18.4. The summed E-state index contributed by atoms with van der Waals surface area (Å²) in [5.74, 6) is 0.335. The largest absolute Gasteiger partial charge is 0.324 e. The second-order valence-electron chi connectivity index (χ2n) is 9.50. The van der Waals surface area contributed by atoms with Crippen LogP contribution in [0.25, 0.3) is 11.3 Å². The van der Waals surface area contributed by atoms with Gasteiger partial charge < -0.3 is 15.5 Å². The van der Waals surface area contributed by atoms with Crippen molar-refractivity contribution >= 4 is 45.8 Å². The maximum atomic E-state index is 13.1. The molecule has 0 saturated carbocycles. The van der Waals surface area contributed by atoms with Gasteiger partial charge in [0.1, 0.15) is 0 Å². The quantitative estimate of drug-likeness (QED) is 0.276. The molecule has 8 nitrogen and oxygen atoms in total. The van der Waals surface area contributed by atoms with Crippen LogP contribution in [0.5, 0.6) is 0 Å². The highest BCUT2D eigenvalue weighted by Crippen LogP contribution is 2.25. The van der Waals surface area contributed by atoms with E-state index in [4.69, 9.17) is 0 Å². The molecular formula is C29H30IN7O. The second-order valence-corrected chi connectivity index (χ2v) is 10.7. The Morgan fingerprint density at radius 1 is 1.03 bits per heavy atom. The van der Waals surface area contributed by atoms with E-state index < -0.39 is 0 Å². The molecule has 1 fully saturated rings. The maximum absolute atomic E-state index is 13.1. The summed E-state index contributed by atoms with van der Waals surface area (Å²) in [6.07, 6.45) is 5.22. The first kappa shape index (κ1) is 26.2. The standard InChI is InChI=1S/C29H30IN7O/c1-20-5-8-24(17-27(20)35-29-32-11-9-26(34-29)22-4-3-10-31-18-22)33-28(38)21-6-7-23(25(30)16-21)19-37-14-12-36(2)13-15-37/h3-11,16-18H,12-15,19H2,1-2H3,(H,33,38)(H,32,34,35). The topological polar surface area (TPSA) is 86.3 Å². The van der Waals surface area contributed by atoms with Crippen molar-refractivity contribution in [2.24, 2.45) is 0 Å². The molecule has 5 rings (SSSR count). The van der Waals surface area contributed by atoms with E-state index in [2.05, 4.69) is 71.1 Å². The summed E-state index contributed by atoms with van der Waals surface area (Å²) in [5, 5.41) is 6.33. The lowest BCUT2D eigenvalue weighted by Gasteiger charge is -2.32. The van der Waals surface area contributed by atoms with E-state index in [0.717, 1.165) is 58.8 Å². The Morgan fingerprint density at radius 2 is 1.87 bits per heavy atom. The molecule has 38 heavy (non-hydrogen) atoms. The molecule has 0 radical (unpaired) electrons. The monoisotopic (exact) mass is 619 g/mol. The number of likely N-dealkylation sites (N-methyl/N-ethyl adjacent to an activating group) is 1.